The Morgan fingerprint density at radius 3 is 1.47 bits per heavy atom. The highest BCUT2D eigenvalue weighted by atomic mass is 32.2. The van der Waals surface area contributed by atoms with E-state index in [2.05, 4.69) is 5.32 Å². The molecular weight excluding hydrogens is 470 g/mol. The van der Waals surface area contributed by atoms with E-state index in [9.17, 15) is 18.9 Å². The molecule has 1 amide bonds. The second-order valence-corrected chi connectivity index (χ2v) is 9.93. The lowest BCUT2D eigenvalue weighted by Gasteiger charge is -2.35. The van der Waals surface area contributed by atoms with Gasteiger partial charge in [-0.2, -0.15) is 0 Å². The lowest BCUT2D eigenvalue weighted by atomic mass is 9.68. The fourth-order valence-electron chi connectivity index (χ4n) is 4.40. The Labute approximate surface area is 213 Å². The molecule has 5 nitrogen and oxygen atoms in total. The lowest BCUT2D eigenvalue weighted by molar-refractivity contribution is -0.142. The number of carboxylic acids is 1. The van der Waals surface area contributed by atoms with Gasteiger partial charge in [0.2, 0.25) is 5.91 Å². The van der Waals surface area contributed by atoms with Gasteiger partial charge >= 0.3 is 5.97 Å². The van der Waals surface area contributed by atoms with Crippen LogP contribution in [0.5, 0.6) is 0 Å². The number of carbonyl (C=O) groups is 2. The summed E-state index contributed by atoms with van der Waals surface area (Å²) in [6.07, 6.45) is 0.0248. The SMILES string of the molecule is O=C(O)[C@H](CC[S@@](=O)c1ccccc1)NC(=O)C(c1ccccc1)(c1ccccc1)c1ccccc1. The van der Waals surface area contributed by atoms with Gasteiger partial charge < -0.3 is 10.4 Å². The van der Waals surface area contributed by atoms with Gasteiger partial charge in [-0.05, 0) is 35.2 Å². The van der Waals surface area contributed by atoms with Gasteiger partial charge in [-0.15, -0.1) is 0 Å². The molecule has 0 aliphatic carbocycles. The molecule has 182 valence electrons. The monoisotopic (exact) mass is 497 g/mol. The summed E-state index contributed by atoms with van der Waals surface area (Å²) in [7, 11) is -1.38. The van der Waals surface area contributed by atoms with Gasteiger partial charge in [-0.1, -0.05) is 109 Å². The summed E-state index contributed by atoms with van der Waals surface area (Å²) in [5.41, 5.74) is 0.876. The summed E-state index contributed by atoms with van der Waals surface area (Å²) < 4.78 is 12.7. The summed E-state index contributed by atoms with van der Waals surface area (Å²) in [6.45, 7) is 0. The Morgan fingerprint density at radius 1 is 0.694 bits per heavy atom. The van der Waals surface area contributed by atoms with Gasteiger partial charge in [0, 0.05) is 10.6 Å². The maximum atomic E-state index is 14.2. The molecule has 4 rings (SSSR count). The second-order valence-electron chi connectivity index (χ2n) is 8.36. The standard InChI is InChI=1S/C30H27NO4S/c32-28(33)27(21-22-36(35)26-19-11-4-12-20-26)31-29(34)30(23-13-5-1-6-14-23,24-15-7-2-8-16-24)25-17-9-3-10-18-25/h1-20,27H,21-22H2,(H,31,34)(H,32,33)/t27-,36+/m0/s1. The quantitative estimate of drug-likeness (QED) is 0.309. The molecule has 2 atom stereocenters. The fourth-order valence-corrected chi connectivity index (χ4v) is 5.54. The van der Waals surface area contributed by atoms with Crippen molar-refractivity contribution in [3.8, 4) is 0 Å². The van der Waals surface area contributed by atoms with Crippen molar-refractivity contribution in [2.24, 2.45) is 0 Å². The van der Waals surface area contributed by atoms with Crippen molar-refractivity contribution in [3.05, 3.63) is 138 Å². The van der Waals surface area contributed by atoms with Gasteiger partial charge in [-0.3, -0.25) is 9.00 Å². The number of nitrogens with one attached hydrogen (secondary N) is 1. The summed E-state index contributed by atoms with van der Waals surface area (Å²) in [6, 6.07) is 35.7. The molecule has 0 saturated heterocycles. The Morgan fingerprint density at radius 2 is 1.08 bits per heavy atom. The molecule has 0 fully saturated rings. The summed E-state index contributed by atoms with van der Waals surface area (Å²) in [5.74, 6) is -1.52. The van der Waals surface area contributed by atoms with Crippen molar-refractivity contribution in [1.29, 1.82) is 0 Å². The predicted molar refractivity (Wildman–Crippen MR) is 141 cm³/mol. The van der Waals surface area contributed by atoms with Crippen LogP contribution in [0.1, 0.15) is 23.1 Å². The number of rotatable bonds is 10. The van der Waals surface area contributed by atoms with E-state index in [1.807, 2.05) is 97.1 Å². The largest absolute Gasteiger partial charge is 0.480 e. The maximum Gasteiger partial charge on any atom is 0.326 e. The molecule has 0 heterocycles. The van der Waals surface area contributed by atoms with Crippen LogP contribution in [0.3, 0.4) is 0 Å². The third kappa shape index (κ3) is 5.29. The first kappa shape index (κ1) is 25.1. The first-order valence-electron chi connectivity index (χ1n) is 11.7. The van der Waals surface area contributed by atoms with E-state index in [0.717, 1.165) is 16.7 Å². The van der Waals surface area contributed by atoms with Crippen molar-refractivity contribution in [2.75, 3.05) is 5.75 Å². The number of amides is 1. The fraction of sp³-hybridized carbons (Fsp3) is 0.133. The Hall–Kier alpha value is -4.03. The molecule has 4 aromatic carbocycles. The normalized spacial score (nSPS) is 12.9. The first-order chi connectivity index (χ1) is 17.5. The smallest absolute Gasteiger partial charge is 0.326 e. The molecule has 36 heavy (non-hydrogen) atoms. The first-order valence-corrected chi connectivity index (χ1v) is 13.0. The van der Waals surface area contributed by atoms with E-state index in [0.29, 0.717) is 4.90 Å². The van der Waals surface area contributed by atoms with Gasteiger partial charge in [0.1, 0.15) is 11.5 Å². The van der Waals surface area contributed by atoms with Crippen LogP contribution in [0.15, 0.2) is 126 Å². The van der Waals surface area contributed by atoms with E-state index >= 15 is 0 Å². The van der Waals surface area contributed by atoms with Crippen molar-refractivity contribution in [3.63, 3.8) is 0 Å². The number of aliphatic carboxylic acids is 1. The van der Waals surface area contributed by atoms with Crippen LogP contribution < -0.4 is 5.32 Å². The van der Waals surface area contributed by atoms with Gasteiger partial charge in [-0.25, -0.2) is 4.79 Å². The molecule has 0 aromatic heterocycles. The molecule has 0 bridgehead atoms. The number of hydrogen-bond acceptors (Lipinski definition) is 3. The molecule has 0 radical (unpaired) electrons. The van der Waals surface area contributed by atoms with Crippen LogP contribution in [0.25, 0.3) is 0 Å². The number of hydrogen-bond donors (Lipinski definition) is 2. The Bertz CT molecular complexity index is 1220. The highest BCUT2D eigenvalue weighted by Gasteiger charge is 2.45. The molecule has 0 unspecified atom stereocenters. The Balaban J connectivity index is 1.73. The van der Waals surface area contributed by atoms with Crippen LogP contribution >= 0.6 is 0 Å². The highest BCUT2D eigenvalue weighted by molar-refractivity contribution is 7.85. The zero-order valence-corrected chi connectivity index (χ0v) is 20.4. The second kappa shape index (κ2) is 11.6. The van der Waals surface area contributed by atoms with Crippen LogP contribution in [-0.2, 0) is 25.8 Å². The molecule has 0 spiro atoms. The molecule has 0 aliphatic heterocycles. The van der Waals surface area contributed by atoms with Crippen LogP contribution in [0.4, 0.5) is 0 Å². The van der Waals surface area contributed by atoms with Gasteiger partial charge in [0.25, 0.3) is 0 Å². The third-order valence-electron chi connectivity index (χ3n) is 6.16. The van der Waals surface area contributed by atoms with Crippen molar-refractivity contribution in [1.82, 2.24) is 5.32 Å². The average molecular weight is 498 g/mol. The van der Waals surface area contributed by atoms with E-state index in [4.69, 9.17) is 0 Å². The van der Waals surface area contributed by atoms with Crippen LogP contribution in [0.2, 0.25) is 0 Å². The summed E-state index contributed by atoms with van der Waals surface area (Å²) >= 11 is 0. The zero-order chi connectivity index (χ0) is 25.4. The van der Waals surface area contributed by atoms with E-state index in [1.54, 1.807) is 24.3 Å². The van der Waals surface area contributed by atoms with Gasteiger partial charge in [0.05, 0.1) is 10.8 Å². The van der Waals surface area contributed by atoms with E-state index in [-0.39, 0.29) is 12.2 Å². The number of carboxylic acid groups (broad SMARTS) is 1. The van der Waals surface area contributed by atoms with Crippen molar-refractivity contribution < 1.29 is 18.9 Å². The lowest BCUT2D eigenvalue weighted by Crippen LogP contribution is -2.52. The molecule has 0 saturated carbocycles. The number of benzene rings is 4. The minimum absolute atomic E-state index is 0.0248. The summed E-state index contributed by atoms with van der Waals surface area (Å²) in [5, 5.41) is 12.8. The van der Waals surface area contributed by atoms with E-state index < -0.39 is 34.1 Å². The summed E-state index contributed by atoms with van der Waals surface area (Å²) in [4.78, 5) is 27.1. The zero-order valence-electron chi connectivity index (χ0n) is 19.6. The van der Waals surface area contributed by atoms with Crippen molar-refractivity contribution in [2.45, 2.75) is 22.8 Å². The highest BCUT2D eigenvalue weighted by Crippen LogP contribution is 2.39. The molecular formula is C30H27NO4S. The average Bonchev–Trinajstić information content (AvgIpc) is 2.93. The molecule has 0 aliphatic rings. The van der Waals surface area contributed by atoms with Crippen LogP contribution in [-0.4, -0.2) is 33.0 Å². The minimum Gasteiger partial charge on any atom is -0.480 e. The van der Waals surface area contributed by atoms with Crippen molar-refractivity contribution >= 4 is 22.7 Å². The third-order valence-corrected chi connectivity index (χ3v) is 7.57. The number of carbonyl (C=O) groups excluding carboxylic acids is 1. The molecule has 6 heteroatoms. The topological polar surface area (TPSA) is 83.5 Å². The maximum absolute atomic E-state index is 14.2. The minimum atomic E-state index is -1.38. The molecule has 4 aromatic rings. The van der Waals surface area contributed by atoms with E-state index in [1.165, 1.54) is 0 Å². The predicted octanol–water partition coefficient (Wildman–Crippen LogP) is 4.79. The van der Waals surface area contributed by atoms with Gasteiger partial charge in [0.15, 0.2) is 0 Å². The molecule has 2 N–H and O–H groups in total. The Kier molecular flexibility index (Phi) is 8.08. The van der Waals surface area contributed by atoms with Crippen LogP contribution in [0, 0.1) is 0 Å².